The second-order valence-corrected chi connectivity index (χ2v) is 9.01. The molecule has 1 fully saturated rings. The second kappa shape index (κ2) is 7.05. The van der Waals surface area contributed by atoms with Crippen molar-refractivity contribution in [1.82, 2.24) is 9.88 Å². The number of carbonyl (C=O) groups is 1. The van der Waals surface area contributed by atoms with Gasteiger partial charge in [-0.2, -0.15) is 0 Å². The van der Waals surface area contributed by atoms with E-state index in [1.165, 1.54) is 34.4 Å². The number of thiazole rings is 1. The second-order valence-electron chi connectivity index (χ2n) is 5.92. The van der Waals surface area contributed by atoms with Gasteiger partial charge in [-0.05, 0) is 36.8 Å². The largest absolute Gasteiger partial charge is 0.338 e. The van der Waals surface area contributed by atoms with Crippen LogP contribution in [0.5, 0.6) is 0 Å². The van der Waals surface area contributed by atoms with Crippen LogP contribution in [-0.4, -0.2) is 48.8 Å². The molecular formula is C17H17FN2O3S2. The van der Waals surface area contributed by atoms with Crippen LogP contribution in [0.25, 0.3) is 16.6 Å². The lowest BCUT2D eigenvalue weighted by Gasteiger charge is -2.21. The van der Waals surface area contributed by atoms with Gasteiger partial charge in [0.15, 0.2) is 9.84 Å². The lowest BCUT2D eigenvalue weighted by Crippen LogP contribution is -2.36. The fraction of sp³-hybridized carbons (Fsp3) is 0.294. The van der Waals surface area contributed by atoms with Gasteiger partial charge in [0.25, 0.3) is 0 Å². The fourth-order valence-electron chi connectivity index (χ4n) is 2.62. The third-order valence-corrected chi connectivity index (χ3v) is 6.77. The Morgan fingerprint density at radius 1 is 1.36 bits per heavy atom. The monoisotopic (exact) mass is 380 g/mol. The molecule has 1 saturated heterocycles. The summed E-state index contributed by atoms with van der Waals surface area (Å²) in [6.45, 7) is 0. The molecule has 1 aromatic carbocycles. The molecule has 1 unspecified atom stereocenters. The van der Waals surface area contributed by atoms with Crippen molar-refractivity contribution in [3.8, 4) is 10.6 Å². The summed E-state index contributed by atoms with van der Waals surface area (Å²) in [4.78, 5) is 18.1. The number of sulfone groups is 1. The molecular weight excluding hydrogens is 363 g/mol. The van der Waals surface area contributed by atoms with Crippen molar-refractivity contribution in [3.05, 3.63) is 47.2 Å². The van der Waals surface area contributed by atoms with Gasteiger partial charge in [0.2, 0.25) is 5.91 Å². The van der Waals surface area contributed by atoms with Crippen LogP contribution in [0.15, 0.2) is 35.7 Å². The zero-order valence-corrected chi connectivity index (χ0v) is 15.2. The molecule has 1 aromatic heterocycles. The van der Waals surface area contributed by atoms with Crippen LogP contribution in [0.3, 0.4) is 0 Å². The summed E-state index contributed by atoms with van der Waals surface area (Å²) in [6.07, 6.45) is 3.48. The van der Waals surface area contributed by atoms with E-state index >= 15 is 0 Å². The van der Waals surface area contributed by atoms with Crippen LogP contribution in [0.2, 0.25) is 0 Å². The van der Waals surface area contributed by atoms with Crippen molar-refractivity contribution >= 4 is 33.2 Å². The molecule has 25 heavy (non-hydrogen) atoms. The average Bonchev–Trinajstić information content (AvgIpc) is 3.19. The highest BCUT2D eigenvalue weighted by atomic mass is 32.2. The van der Waals surface area contributed by atoms with E-state index in [1.807, 2.05) is 5.38 Å². The number of amides is 1. The average molecular weight is 380 g/mol. The predicted molar refractivity (Wildman–Crippen MR) is 96.4 cm³/mol. The Balaban J connectivity index is 1.66. The van der Waals surface area contributed by atoms with Crippen molar-refractivity contribution in [2.45, 2.75) is 12.5 Å². The molecule has 0 spiro atoms. The van der Waals surface area contributed by atoms with Gasteiger partial charge in [0.1, 0.15) is 10.8 Å². The number of aromatic nitrogens is 1. The Kier molecular flexibility index (Phi) is 5.01. The van der Waals surface area contributed by atoms with E-state index in [4.69, 9.17) is 0 Å². The first-order valence-electron chi connectivity index (χ1n) is 7.71. The smallest absolute Gasteiger partial charge is 0.246 e. The predicted octanol–water partition coefficient (Wildman–Crippen LogP) is 2.61. The number of rotatable bonds is 4. The minimum Gasteiger partial charge on any atom is -0.338 e. The quantitative estimate of drug-likeness (QED) is 0.765. The van der Waals surface area contributed by atoms with E-state index in [0.717, 1.165) is 10.6 Å². The van der Waals surface area contributed by atoms with E-state index in [2.05, 4.69) is 4.98 Å². The summed E-state index contributed by atoms with van der Waals surface area (Å²) in [5, 5.41) is 2.55. The molecule has 0 bridgehead atoms. The first kappa shape index (κ1) is 17.8. The topological polar surface area (TPSA) is 67.3 Å². The van der Waals surface area contributed by atoms with Gasteiger partial charge in [-0.15, -0.1) is 11.3 Å². The number of hydrogen-bond acceptors (Lipinski definition) is 5. The molecule has 2 heterocycles. The SMILES string of the molecule is CN(C(=O)/C=C/c1csc(-c2ccc(F)cc2)n1)C1CCS(=O)(=O)C1. The van der Waals surface area contributed by atoms with E-state index in [-0.39, 0.29) is 29.3 Å². The molecule has 1 atom stereocenters. The molecule has 1 amide bonds. The molecule has 2 aromatic rings. The Bertz CT molecular complexity index is 904. The Labute approximate surface area is 149 Å². The van der Waals surface area contributed by atoms with Gasteiger partial charge < -0.3 is 4.90 Å². The summed E-state index contributed by atoms with van der Waals surface area (Å²) in [7, 11) is -1.41. The highest BCUT2D eigenvalue weighted by Crippen LogP contribution is 2.24. The molecule has 8 heteroatoms. The maximum atomic E-state index is 13.0. The maximum Gasteiger partial charge on any atom is 0.246 e. The third kappa shape index (κ3) is 4.32. The summed E-state index contributed by atoms with van der Waals surface area (Å²) in [6, 6.07) is 5.79. The summed E-state index contributed by atoms with van der Waals surface area (Å²) < 4.78 is 36.0. The van der Waals surface area contributed by atoms with E-state index < -0.39 is 9.84 Å². The molecule has 3 rings (SSSR count). The van der Waals surface area contributed by atoms with Crippen molar-refractivity contribution in [2.24, 2.45) is 0 Å². The molecule has 5 nitrogen and oxygen atoms in total. The fourth-order valence-corrected chi connectivity index (χ4v) is 5.19. The van der Waals surface area contributed by atoms with Crippen LogP contribution in [-0.2, 0) is 14.6 Å². The zero-order valence-electron chi connectivity index (χ0n) is 13.6. The lowest BCUT2D eigenvalue weighted by atomic mass is 10.2. The lowest BCUT2D eigenvalue weighted by molar-refractivity contribution is -0.126. The van der Waals surface area contributed by atoms with Gasteiger partial charge in [-0.25, -0.2) is 17.8 Å². The highest BCUT2D eigenvalue weighted by Gasteiger charge is 2.32. The van der Waals surface area contributed by atoms with Crippen LogP contribution < -0.4 is 0 Å². The molecule has 0 saturated carbocycles. The molecule has 1 aliphatic rings. The van der Waals surface area contributed by atoms with Gasteiger partial charge >= 0.3 is 0 Å². The third-order valence-electron chi connectivity index (χ3n) is 4.11. The number of benzene rings is 1. The van der Waals surface area contributed by atoms with E-state index in [1.54, 1.807) is 25.3 Å². The minimum atomic E-state index is -3.03. The van der Waals surface area contributed by atoms with Gasteiger partial charge in [-0.1, -0.05) is 0 Å². The van der Waals surface area contributed by atoms with Crippen LogP contribution in [0, 0.1) is 5.82 Å². The number of halogens is 1. The number of likely N-dealkylation sites (N-methyl/N-ethyl adjacent to an activating group) is 1. The van der Waals surface area contributed by atoms with E-state index in [9.17, 15) is 17.6 Å². The van der Waals surface area contributed by atoms with Crippen molar-refractivity contribution < 1.29 is 17.6 Å². The molecule has 0 radical (unpaired) electrons. The normalized spacial score (nSPS) is 19.4. The van der Waals surface area contributed by atoms with Crippen LogP contribution in [0.4, 0.5) is 4.39 Å². The summed E-state index contributed by atoms with van der Waals surface area (Å²) >= 11 is 1.40. The standard InChI is InChI=1S/C17H17FN2O3S2/c1-20(15-8-9-25(22,23)11-15)16(21)7-6-14-10-24-17(19-14)12-2-4-13(18)5-3-12/h2-7,10,15H,8-9,11H2,1H3/b7-6+. The molecule has 0 N–H and O–H groups in total. The number of nitrogens with zero attached hydrogens (tertiary/aromatic N) is 2. The minimum absolute atomic E-state index is 0.0223. The Morgan fingerprint density at radius 2 is 2.08 bits per heavy atom. The number of carbonyl (C=O) groups excluding carboxylic acids is 1. The molecule has 1 aliphatic heterocycles. The number of hydrogen-bond donors (Lipinski definition) is 0. The Hall–Kier alpha value is -2.06. The summed E-state index contributed by atoms with van der Waals surface area (Å²) in [5.41, 5.74) is 1.44. The Morgan fingerprint density at radius 3 is 2.72 bits per heavy atom. The van der Waals surface area contributed by atoms with Crippen molar-refractivity contribution in [3.63, 3.8) is 0 Å². The van der Waals surface area contributed by atoms with Crippen molar-refractivity contribution in [2.75, 3.05) is 18.6 Å². The van der Waals surface area contributed by atoms with Gasteiger partial charge in [-0.3, -0.25) is 4.79 Å². The molecule has 132 valence electrons. The van der Waals surface area contributed by atoms with Crippen molar-refractivity contribution in [1.29, 1.82) is 0 Å². The van der Waals surface area contributed by atoms with Gasteiger partial charge in [0, 0.05) is 30.1 Å². The zero-order chi connectivity index (χ0) is 18.0. The van der Waals surface area contributed by atoms with Crippen LogP contribution >= 0.6 is 11.3 Å². The molecule has 0 aliphatic carbocycles. The van der Waals surface area contributed by atoms with E-state index in [0.29, 0.717) is 12.1 Å². The van der Waals surface area contributed by atoms with Crippen LogP contribution in [0.1, 0.15) is 12.1 Å². The highest BCUT2D eigenvalue weighted by molar-refractivity contribution is 7.91. The summed E-state index contributed by atoms with van der Waals surface area (Å²) in [5.74, 6) is -0.401. The maximum absolute atomic E-state index is 13.0. The first-order valence-corrected chi connectivity index (χ1v) is 10.4. The first-order chi connectivity index (χ1) is 11.8. The van der Waals surface area contributed by atoms with Gasteiger partial charge in [0.05, 0.1) is 17.2 Å².